The summed E-state index contributed by atoms with van der Waals surface area (Å²) in [6.45, 7) is 0.841. The Morgan fingerprint density at radius 3 is 2.76 bits per heavy atom. The van der Waals surface area contributed by atoms with Gasteiger partial charge in [-0.3, -0.25) is 0 Å². The zero-order chi connectivity index (χ0) is 15.1. The number of ether oxygens (including phenoxy) is 1. The molecule has 3 rings (SSSR count). The lowest BCUT2D eigenvalue weighted by Crippen LogP contribution is -2.35. The molecule has 0 saturated carbocycles. The van der Waals surface area contributed by atoms with Gasteiger partial charge in [0.25, 0.3) is 0 Å². The summed E-state index contributed by atoms with van der Waals surface area (Å²) in [6.07, 6.45) is 1.63. The molecule has 0 aromatic heterocycles. The number of nitrogens with one attached hydrogen (secondary N) is 1. The van der Waals surface area contributed by atoms with E-state index in [-0.39, 0.29) is 17.5 Å². The summed E-state index contributed by atoms with van der Waals surface area (Å²) in [6, 6.07) is 6.28. The van der Waals surface area contributed by atoms with Crippen molar-refractivity contribution in [1.82, 2.24) is 4.72 Å². The fourth-order valence-corrected chi connectivity index (χ4v) is 6.88. The van der Waals surface area contributed by atoms with Gasteiger partial charge in [-0.25, -0.2) is 21.6 Å². The Morgan fingerprint density at radius 1 is 1.29 bits per heavy atom. The van der Waals surface area contributed by atoms with E-state index < -0.39 is 30.9 Å². The summed E-state index contributed by atoms with van der Waals surface area (Å²) >= 11 is 0. The summed E-state index contributed by atoms with van der Waals surface area (Å²) in [5.41, 5.74) is 0.359. The minimum absolute atomic E-state index is 0.118. The van der Waals surface area contributed by atoms with E-state index in [1.165, 1.54) is 6.07 Å². The fraction of sp³-hybridized carbons (Fsp3) is 0.538. The second-order valence-corrected chi connectivity index (χ2v) is 9.29. The Morgan fingerprint density at radius 2 is 2.05 bits per heavy atom. The van der Waals surface area contributed by atoms with Crippen molar-refractivity contribution in [3.05, 3.63) is 29.8 Å². The Kier molecular flexibility index (Phi) is 3.81. The van der Waals surface area contributed by atoms with Gasteiger partial charge in [-0.2, -0.15) is 0 Å². The first-order valence-corrected chi connectivity index (χ1v) is 10.0. The number of sulfonamides is 1. The zero-order valence-corrected chi connectivity index (χ0v) is 13.0. The third kappa shape index (κ3) is 2.85. The molecular formula is C13H17NO5S2. The monoisotopic (exact) mass is 331 g/mol. The molecule has 1 saturated heterocycles. The highest BCUT2D eigenvalue weighted by Gasteiger charge is 2.42. The van der Waals surface area contributed by atoms with Crippen LogP contribution >= 0.6 is 0 Å². The molecule has 2 unspecified atom stereocenters. The first-order chi connectivity index (χ1) is 9.90. The molecule has 0 bridgehead atoms. The molecule has 1 N–H and O–H groups in total. The van der Waals surface area contributed by atoms with Crippen LogP contribution in [0.25, 0.3) is 0 Å². The maximum absolute atomic E-state index is 12.4. The highest BCUT2D eigenvalue weighted by molar-refractivity contribution is 7.95. The number of hydrogen-bond acceptors (Lipinski definition) is 5. The summed E-state index contributed by atoms with van der Waals surface area (Å²) in [4.78, 5) is 0.123. The van der Waals surface area contributed by atoms with Crippen molar-refractivity contribution in [3.8, 4) is 0 Å². The maximum atomic E-state index is 12.4. The van der Waals surface area contributed by atoms with Gasteiger partial charge in [0.2, 0.25) is 10.0 Å². The zero-order valence-electron chi connectivity index (χ0n) is 11.4. The molecule has 2 aliphatic rings. The van der Waals surface area contributed by atoms with Crippen LogP contribution in [0.15, 0.2) is 29.2 Å². The Balaban J connectivity index is 1.83. The van der Waals surface area contributed by atoms with E-state index >= 15 is 0 Å². The van der Waals surface area contributed by atoms with E-state index in [1.807, 2.05) is 0 Å². The van der Waals surface area contributed by atoms with Crippen LogP contribution in [0.3, 0.4) is 0 Å². The van der Waals surface area contributed by atoms with Crippen LogP contribution in [0.2, 0.25) is 0 Å². The number of rotatable bonds is 4. The molecule has 1 fully saturated rings. The van der Waals surface area contributed by atoms with Gasteiger partial charge in [-0.1, -0.05) is 18.2 Å². The van der Waals surface area contributed by atoms with Crippen molar-refractivity contribution in [3.63, 3.8) is 0 Å². The smallest absolute Gasteiger partial charge is 0.219 e. The van der Waals surface area contributed by atoms with Gasteiger partial charge in [-0.15, -0.1) is 0 Å². The highest BCUT2D eigenvalue weighted by atomic mass is 32.2. The number of hydrogen-bond donors (Lipinski definition) is 1. The van der Waals surface area contributed by atoms with Gasteiger partial charge in [0.1, 0.15) is 5.25 Å². The molecule has 116 valence electrons. The van der Waals surface area contributed by atoms with E-state index in [2.05, 4.69) is 4.72 Å². The van der Waals surface area contributed by atoms with Gasteiger partial charge >= 0.3 is 0 Å². The molecule has 21 heavy (non-hydrogen) atoms. The van der Waals surface area contributed by atoms with Crippen LogP contribution in [-0.4, -0.2) is 41.8 Å². The van der Waals surface area contributed by atoms with E-state index in [9.17, 15) is 16.8 Å². The van der Waals surface area contributed by atoms with Crippen molar-refractivity contribution in [2.24, 2.45) is 0 Å². The predicted octanol–water partition coefficient (Wildman–Crippen LogP) is 0.613. The fourth-order valence-electron chi connectivity index (χ4n) is 2.78. The van der Waals surface area contributed by atoms with Gasteiger partial charge in [-0.05, 0) is 24.5 Å². The minimum Gasteiger partial charge on any atom is -0.377 e. The topological polar surface area (TPSA) is 89.5 Å². The summed E-state index contributed by atoms with van der Waals surface area (Å²) in [7, 11) is -7.27. The van der Waals surface area contributed by atoms with Crippen LogP contribution in [-0.2, 0) is 24.6 Å². The molecule has 2 heterocycles. The number of fused-ring (bicyclic) bond motifs is 1. The van der Waals surface area contributed by atoms with Crippen molar-refractivity contribution >= 4 is 19.9 Å². The second-order valence-electron chi connectivity index (χ2n) is 5.34. The van der Waals surface area contributed by atoms with Crippen molar-refractivity contribution in [2.45, 2.75) is 29.1 Å². The van der Waals surface area contributed by atoms with Crippen molar-refractivity contribution < 1.29 is 21.6 Å². The van der Waals surface area contributed by atoms with Gasteiger partial charge in [0, 0.05) is 13.2 Å². The Labute approximate surface area is 124 Å². The molecule has 8 heteroatoms. The average Bonchev–Trinajstić information content (AvgIpc) is 3.04. The summed E-state index contributed by atoms with van der Waals surface area (Å²) < 4.78 is 56.8. The third-order valence-corrected chi connectivity index (χ3v) is 7.65. The molecule has 0 spiro atoms. The standard InChI is InChI=1S/C13H17NO5S2/c15-20(16)9-13(11-5-1-2-6-12(11)20)21(17,18)14-8-10-4-3-7-19-10/h1-2,5-6,10,13-14H,3-4,7-9H2. The second kappa shape index (κ2) is 5.35. The van der Waals surface area contributed by atoms with Gasteiger partial charge < -0.3 is 4.74 Å². The van der Waals surface area contributed by atoms with E-state index in [4.69, 9.17) is 4.74 Å². The average molecular weight is 331 g/mol. The van der Waals surface area contributed by atoms with E-state index in [1.54, 1.807) is 18.2 Å². The number of benzene rings is 1. The minimum atomic E-state index is -3.74. The van der Waals surface area contributed by atoms with Crippen LogP contribution in [0.1, 0.15) is 23.7 Å². The Hall–Kier alpha value is -0.960. The van der Waals surface area contributed by atoms with Crippen LogP contribution in [0, 0.1) is 0 Å². The molecule has 0 aliphatic carbocycles. The molecule has 0 radical (unpaired) electrons. The lowest BCUT2D eigenvalue weighted by molar-refractivity contribution is 0.114. The lowest BCUT2D eigenvalue weighted by atomic mass is 10.2. The first-order valence-electron chi connectivity index (χ1n) is 6.82. The van der Waals surface area contributed by atoms with Crippen molar-refractivity contribution in [2.75, 3.05) is 18.9 Å². The third-order valence-electron chi connectivity index (χ3n) is 3.88. The summed E-state index contributed by atoms with van der Waals surface area (Å²) in [5.74, 6) is -0.396. The van der Waals surface area contributed by atoms with Crippen molar-refractivity contribution in [1.29, 1.82) is 0 Å². The van der Waals surface area contributed by atoms with Gasteiger partial charge in [0.05, 0.1) is 16.8 Å². The normalized spacial score (nSPS) is 27.6. The van der Waals surface area contributed by atoms with E-state index in [0.29, 0.717) is 12.2 Å². The lowest BCUT2D eigenvalue weighted by Gasteiger charge is -2.15. The molecule has 6 nitrogen and oxygen atoms in total. The van der Waals surface area contributed by atoms with Crippen LogP contribution in [0.4, 0.5) is 0 Å². The molecule has 0 amide bonds. The molecule has 2 aliphatic heterocycles. The molecule has 1 aromatic carbocycles. The Bertz CT molecular complexity index is 736. The molecular weight excluding hydrogens is 314 g/mol. The highest BCUT2D eigenvalue weighted by Crippen LogP contribution is 2.37. The van der Waals surface area contributed by atoms with Gasteiger partial charge in [0.15, 0.2) is 9.84 Å². The number of sulfone groups is 1. The quantitative estimate of drug-likeness (QED) is 0.873. The molecule has 1 aromatic rings. The van der Waals surface area contributed by atoms with E-state index in [0.717, 1.165) is 12.8 Å². The molecule has 2 atom stereocenters. The maximum Gasteiger partial charge on any atom is 0.219 e. The first kappa shape index (κ1) is 15.0. The SMILES string of the molecule is O=S1(=O)CC(S(=O)(=O)NCC2CCCO2)c2ccccc21. The predicted molar refractivity (Wildman–Crippen MR) is 77.1 cm³/mol. The van der Waals surface area contributed by atoms with Crippen LogP contribution in [0.5, 0.6) is 0 Å². The summed E-state index contributed by atoms with van der Waals surface area (Å²) in [5, 5.41) is -1.04. The largest absolute Gasteiger partial charge is 0.377 e. The van der Waals surface area contributed by atoms with Crippen LogP contribution < -0.4 is 4.72 Å².